The summed E-state index contributed by atoms with van der Waals surface area (Å²) in [5.74, 6) is -1.95. The number of aliphatic carboxylic acids is 1. The molecule has 0 aliphatic heterocycles. The van der Waals surface area contributed by atoms with Crippen molar-refractivity contribution in [3.8, 4) is 0 Å². The molecule has 0 bridgehead atoms. The van der Waals surface area contributed by atoms with E-state index in [4.69, 9.17) is 9.84 Å². The van der Waals surface area contributed by atoms with Crippen LogP contribution in [0.15, 0.2) is 24.8 Å². The zero-order valence-corrected chi connectivity index (χ0v) is 11.1. The van der Waals surface area contributed by atoms with Crippen molar-refractivity contribution in [1.29, 1.82) is 0 Å². The second-order valence-corrected chi connectivity index (χ2v) is 4.65. The fourth-order valence-corrected chi connectivity index (χ4v) is 1.94. The van der Waals surface area contributed by atoms with E-state index in [0.29, 0.717) is 11.3 Å². The number of ether oxygens (including phenoxy) is 1. The van der Waals surface area contributed by atoms with Gasteiger partial charge in [0.2, 0.25) is 0 Å². The highest BCUT2D eigenvalue weighted by Gasteiger charge is 2.23. The number of carbonyl (C=O) groups is 2. The van der Waals surface area contributed by atoms with Gasteiger partial charge in [0.1, 0.15) is 0 Å². The van der Waals surface area contributed by atoms with E-state index in [0.717, 1.165) is 0 Å². The third kappa shape index (κ3) is 4.44. The average Bonchev–Trinajstić information content (AvgIpc) is 2.87. The predicted octanol–water partition coefficient (Wildman–Crippen LogP) is 1.04. The molecule has 1 aromatic rings. The summed E-state index contributed by atoms with van der Waals surface area (Å²) in [7, 11) is 0. The fourth-order valence-electron chi connectivity index (χ4n) is 1.22. The summed E-state index contributed by atoms with van der Waals surface area (Å²) in [4.78, 5) is 32.7. The maximum Gasteiger partial charge on any atom is 0.328 e. The van der Waals surface area contributed by atoms with Gasteiger partial charge in [0.25, 0.3) is 5.91 Å². The molecule has 0 saturated heterocycles. The van der Waals surface area contributed by atoms with Crippen LogP contribution >= 0.6 is 11.3 Å². The van der Waals surface area contributed by atoms with Crippen LogP contribution in [0, 0.1) is 10.1 Å². The number of carbonyl (C=O) groups excluding carboxylic acids is 1. The van der Waals surface area contributed by atoms with Crippen LogP contribution < -0.4 is 5.32 Å². The third-order valence-electron chi connectivity index (χ3n) is 2.12. The molecule has 0 aliphatic rings. The minimum atomic E-state index is -1.26. The molecule has 2 N–H and O–H groups in total. The van der Waals surface area contributed by atoms with Crippen molar-refractivity contribution in [3.63, 3.8) is 0 Å². The topological polar surface area (TPSA) is 119 Å². The van der Waals surface area contributed by atoms with E-state index >= 15 is 0 Å². The van der Waals surface area contributed by atoms with Crippen molar-refractivity contribution >= 4 is 28.2 Å². The maximum atomic E-state index is 11.8. The van der Waals surface area contributed by atoms with Crippen molar-refractivity contribution in [2.24, 2.45) is 0 Å². The van der Waals surface area contributed by atoms with E-state index in [1.165, 1.54) is 18.2 Å². The van der Waals surface area contributed by atoms with Crippen LogP contribution in [0.2, 0.25) is 0 Å². The summed E-state index contributed by atoms with van der Waals surface area (Å²) in [5.41, 5.74) is 0. The van der Waals surface area contributed by atoms with Crippen LogP contribution in [0.5, 0.6) is 0 Å². The summed E-state index contributed by atoms with van der Waals surface area (Å²) in [5, 5.41) is 21.5. The highest BCUT2D eigenvalue weighted by Crippen LogP contribution is 2.23. The summed E-state index contributed by atoms with van der Waals surface area (Å²) in [6, 6.07) is 1.22. The van der Waals surface area contributed by atoms with Gasteiger partial charge in [-0.1, -0.05) is 17.4 Å². The lowest BCUT2D eigenvalue weighted by atomic mass is 10.3. The first-order valence-electron chi connectivity index (χ1n) is 5.42. The summed E-state index contributed by atoms with van der Waals surface area (Å²) < 4.78 is 4.97. The number of rotatable bonds is 8. The SMILES string of the molecule is C=CCOCC(NC(=O)c1ccc([N+](=O)[O-])s1)C(=O)O. The molecular weight excluding hydrogens is 288 g/mol. The van der Waals surface area contributed by atoms with Gasteiger partial charge in [-0.05, 0) is 6.07 Å². The van der Waals surface area contributed by atoms with Gasteiger partial charge < -0.3 is 15.2 Å². The second-order valence-electron chi connectivity index (χ2n) is 3.59. The first kappa shape index (κ1) is 15.8. The van der Waals surface area contributed by atoms with E-state index in [1.807, 2.05) is 0 Å². The Balaban J connectivity index is 2.66. The van der Waals surface area contributed by atoms with Gasteiger partial charge in [-0.3, -0.25) is 14.9 Å². The van der Waals surface area contributed by atoms with Gasteiger partial charge in [-0.2, -0.15) is 0 Å². The molecule has 0 fully saturated rings. The maximum absolute atomic E-state index is 11.8. The molecule has 1 aromatic heterocycles. The molecule has 1 atom stereocenters. The lowest BCUT2D eigenvalue weighted by Gasteiger charge is -2.13. The van der Waals surface area contributed by atoms with Gasteiger partial charge in [0.05, 0.1) is 23.0 Å². The molecule has 1 heterocycles. The number of hydrogen-bond acceptors (Lipinski definition) is 6. The normalized spacial score (nSPS) is 11.6. The number of carboxylic acid groups (broad SMARTS) is 1. The Morgan fingerprint density at radius 3 is 2.80 bits per heavy atom. The number of hydrogen-bond donors (Lipinski definition) is 2. The zero-order valence-electron chi connectivity index (χ0n) is 10.3. The van der Waals surface area contributed by atoms with Crippen molar-refractivity contribution in [3.05, 3.63) is 39.8 Å². The molecule has 1 amide bonds. The average molecular weight is 300 g/mol. The Labute approximate surface area is 117 Å². The van der Waals surface area contributed by atoms with Crippen LogP contribution in [0.4, 0.5) is 5.00 Å². The van der Waals surface area contributed by atoms with Gasteiger partial charge in [-0.25, -0.2) is 4.79 Å². The standard InChI is InChI=1S/C11H12N2O6S/c1-2-5-19-6-7(11(15)16)12-10(14)8-3-4-9(20-8)13(17)18/h2-4,7H,1,5-6H2,(H,12,14)(H,15,16). The molecule has 0 spiro atoms. The number of nitrogens with zero attached hydrogens (tertiary/aromatic N) is 1. The highest BCUT2D eigenvalue weighted by molar-refractivity contribution is 7.17. The molecule has 108 valence electrons. The minimum Gasteiger partial charge on any atom is -0.480 e. The van der Waals surface area contributed by atoms with Crippen LogP contribution in [0.1, 0.15) is 9.67 Å². The van der Waals surface area contributed by atoms with Crippen LogP contribution in [-0.4, -0.2) is 41.2 Å². The Morgan fingerprint density at radius 2 is 2.30 bits per heavy atom. The van der Waals surface area contributed by atoms with E-state index in [9.17, 15) is 19.7 Å². The lowest BCUT2D eigenvalue weighted by Crippen LogP contribution is -2.43. The van der Waals surface area contributed by atoms with Crippen molar-refractivity contribution in [2.45, 2.75) is 6.04 Å². The molecule has 0 aliphatic carbocycles. The van der Waals surface area contributed by atoms with E-state index in [1.54, 1.807) is 0 Å². The van der Waals surface area contributed by atoms with Gasteiger partial charge in [-0.15, -0.1) is 6.58 Å². The van der Waals surface area contributed by atoms with E-state index < -0.39 is 22.8 Å². The van der Waals surface area contributed by atoms with E-state index in [-0.39, 0.29) is 23.1 Å². The fraction of sp³-hybridized carbons (Fsp3) is 0.273. The lowest BCUT2D eigenvalue weighted by molar-refractivity contribution is -0.380. The number of nitro groups is 1. The smallest absolute Gasteiger partial charge is 0.328 e. The number of nitrogens with one attached hydrogen (secondary N) is 1. The Kier molecular flexibility index (Phi) is 5.81. The van der Waals surface area contributed by atoms with E-state index in [2.05, 4.69) is 11.9 Å². The zero-order chi connectivity index (χ0) is 15.1. The van der Waals surface area contributed by atoms with Crippen LogP contribution in [0.3, 0.4) is 0 Å². The largest absolute Gasteiger partial charge is 0.480 e. The number of amides is 1. The molecular formula is C11H12N2O6S. The molecule has 1 rings (SSSR count). The quantitative estimate of drug-likeness (QED) is 0.320. The first-order valence-corrected chi connectivity index (χ1v) is 6.24. The van der Waals surface area contributed by atoms with Crippen LogP contribution in [-0.2, 0) is 9.53 Å². The molecule has 8 nitrogen and oxygen atoms in total. The first-order chi connectivity index (χ1) is 9.45. The number of thiophene rings is 1. The predicted molar refractivity (Wildman–Crippen MR) is 70.9 cm³/mol. The molecule has 9 heteroatoms. The Morgan fingerprint density at radius 1 is 1.60 bits per heavy atom. The minimum absolute atomic E-state index is 0.0617. The summed E-state index contributed by atoms with van der Waals surface area (Å²) >= 11 is 0.670. The molecule has 0 saturated carbocycles. The third-order valence-corrected chi connectivity index (χ3v) is 3.15. The molecule has 0 radical (unpaired) electrons. The van der Waals surface area contributed by atoms with Gasteiger partial charge >= 0.3 is 11.0 Å². The monoisotopic (exact) mass is 300 g/mol. The van der Waals surface area contributed by atoms with Gasteiger partial charge in [0, 0.05) is 6.07 Å². The highest BCUT2D eigenvalue weighted by atomic mass is 32.1. The van der Waals surface area contributed by atoms with Crippen molar-refractivity contribution in [2.75, 3.05) is 13.2 Å². The number of carboxylic acids is 1. The molecule has 20 heavy (non-hydrogen) atoms. The molecule has 1 unspecified atom stereocenters. The second kappa shape index (κ2) is 7.36. The van der Waals surface area contributed by atoms with Crippen molar-refractivity contribution < 1.29 is 24.4 Å². The van der Waals surface area contributed by atoms with Crippen molar-refractivity contribution in [1.82, 2.24) is 5.32 Å². The Hall–Kier alpha value is -2.26. The summed E-state index contributed by atoms with van der Waals surface area (Å²) in [6.07, 6.45) is 1.45. The summed E-state index contributed by atoms with van der Waals surface area (Å²) in [6.45, 7) is 3.34. The van der Waals surface area contributed by atoms with Gasteiger partial charge in [0.15, 0.2) is 6.04 Å². The Bertz CT molecular complexity index is 527. The molecule has 0 aromatic carbocycles. The van der Waals surface area contributed by atoms with Crippen LogP contribution in [0.25, 0.3) is 0 Å².